The second-order valence-electron chi connectivity index (χ2n) is 5.62. The Labute approximate surface area is 120 Å². The molecule has 1 aliphatic rings. The van der Waals surface area contributed by atoms with Gasteiger partial charge in [-0.3, -0.25) is 9.69 Å². The van der Waals surface area contributed by atoms with Crippen molar-refractivity contribution in [3.8, 4) is 0 Å². The molecule has 2 rings (SSSR count). The van der Waals surface area contributed by atoms with E-state index in [1.165, 1.54) is 5.56 Å². The number of benzene rings is 1. The summed E-state index contributed by atoms with van der Waals surface area (Å²) in [6.07, 6.45) is -0.0566. The van der Waals surface area contributed by atoms with Crippen molar-refractivity contribution in [2.75, 3.05) is 19.7 Å². The van der Waals surface area contributed by atoms with E-state index in [0.717, 1.165) is 13.1 Å². The Morgan fingerprint density at radius 1 is 1.45 bits per heavy atom. The van der Waals surface area contributed by atoms with Crippen LogP contribution in [0, 0.1) is 5.41 Å². The zero-order chi connectivity index (χ0) is 14.6. The summed E-state index contributed by atoms with van der Waals surface area (Å²) in [4.78, 5) is 14.2. The van der Waals surface area contributed by atoms with E-state index in [-0.39, 0.29) is 5.97 Å². The molecule has 1 aromatic rings. The minimum atomic E-state index is -0.775. The molecule has 0 spiro atoms. The highest BCUT2D eigenvalue weighted by Crippen LogP contribution is 2.33. The Kier molecular flexibility index (Phi) is 4.78. The van der Waals surface area contributed by atoms with Gasteiger partial charge in [-0.15, -0.1) is 0 Å². The van der Waals surface area contributed by atoms with Crippen molar-refractivity contribution in [1.29, 1.82) is 0 Å². The lowest BCUT2D eigenvalue weighted by molar-refractivity contribution is -0.167. The molecule has 1 heterocycles. The van der Waals surface area contributed by atoms with Gasteiger partial charge in [0, 0.05) is 13.1 Å². The minimum Gasteiger partial charge on any atom is -0.465 e. The predicted octanol–water partition coefficient (Wildman–Crippen LogP) is 1.82. The maximum atomic E-state index is 12.0. The van der Waals surface area contributed by atoms with E-state index in [9.17, 15) is 9.90 Å². The topological polar surface area (TPSA) is 49.8 Å². The molecule has 1 saturated heterocycles. The smallest absolute Gasteiger partial charge is 0.314 e. The molecule has 1 unspecified atom stereocenters. The molecular formula is C16H23NO3. The number of likely N-dealkylation sites (tertiary alicyclic amines) is 1. The summed E-state index contributed by atoms with van der Waals surface area (Å²) in [6.45, 7) is 6.05. The second-order valence-corrected chi connectivity index (χ2v) is 5.62. The molecule has 1 aromatic carbocycles. The molecule has 0 bridgehead atoms. The number of nitrogens with zero attached hydrogens (tertiary/aromatic N) is 1. The van der Waals surface area contributed by atoms with Gasteiger partial charge in [-0.2, -0.15) is 0 Å². The number of aliphatic hydroxyl groups is 1. The number of hydrogen-bond donors (Lipinski definition) is 1. The van der Waals surface area contributed by atoms with Gasteiger partial charge in [0.2, 0.25) is 0 Å². The normalized spacial score (nSPS) is 27.2. The Morgan fingerprint density at radius 3 is 2.75 bits per heavy atom. The van der Waals surface area contributed by atoms with Crippen molar-refractivity contribution in [2.45, 2.75) is 32.9 Å². The van der Waals surface area contributed by atoms with Crippen LogP contribution in [0.1, 0.15) is 25.8 Å². The van der Waals surface area contributed by atoms with Crippen LogP contribution < -0.4 is 0 Å². The molecule has 0 amide bonds. The average Bonchev–Trinajstić information content (AvgIpc) is 2.44. The monoisotopic (exact) mass is 277 g/mol. The van der Waals surface area contributed by atoms with E-state index >= 15 is 0 Å². The van der Waals surface area contributed by atoms with Crippen molar-refractivity contribution >= 4 is 5.97 Å². The first-order valence-corrected chi connectivity index (χ1v) is 7.18. The second kappa shape index (κ2) is 6.37. The summed E-state index contributed by atoms with van der Waals surface area (Å²) in [7, 11) is 0. The SMILES string of the molecule is CCOC(=O)C1(C)CCN(Cc2ccccc2)C[C@@H]1O. The molecular weight excluding hydrogens is 254 g/mol. The first-order valence-electron chi connectivity index (χ1n) is 7.18. The zero-order valence-corrected chi connectivity index (χ0v) is 12.2. The molecule has 110 valence electrons. The molecule has 1 N–H and O–H groups in total. The van der Waals surface area contributed by atoms with E-state index in [0.29, 0.717) is 19.6 Å². The van der Waals surface area contributed by atoms with E-state index in [2.05, 4.69) is 17.0 Å². The lowest BCUT2D eigenvalue weighted by atomic mass is 9.78. The van der Waals surface area contributed by atoms with E-state index in [1.807, 2.05) is 18.2 Å². The summed E-state index contributed by atoms with van der Waals surface area (Å²) in [5.41, 5.74) is 0.447. The third kappa shape index (κ3) is 3.19. The number of rotatable bonds is 4. The zero-order valence-electron chi connectivity index (χ0n) is 12.2. The lowest BCUT2D eigenvalue weighted by Crippen LogP contribution is -2.53. The van der Waals surface area contributed by atoms with Crippen LogP contribution in [0.5, 0.6) is 0 Å². The lowest BCUT2D eigenvalue weighted by Gasteiger charge is -2.41. The molecule has 0 aromatic heterocycles. The summed E-state index contributed by atoms with van der Waals surface area (Å²) in [6, 6.07) is 10.2. The quantitative estimate of drug-likeness (QED) is 0.853. The van der Waals surface area contributed by atoms with Crippen LogP contribution in [-0.2, 0) is 16.1 Å². The number of β-amino-alcohol motifs (C(OH)–C–C–N with tert-alkyl or cyclic N) is 1. The minimum absolute atomic E-state index is 0.285. The van der Waals surface area contributed by atoms with Gasteiger partial charge in [0.15, 0.2) is 0 Å². The Balaban J connectivity index is 1.97. The standard InChI is InChI=1S/C16H23NO3/c1-3-20-15(19)16(2)9-10-17(12-14(16)18)11-13-7-5-4-6-8-13/h4-8,14,18H,3,9-12H2,1-2H3/t14-,16?/m0/s1. The van der Waals surface area contributed by atoms with Crippen molar-refractivity contribution in [3.05, 3.63) is 35.9 Å². The highest BCUT2D eigenvalue weighted by Gasteiger charge is 2.45. The molecule has 4 heteroatoms. The van der Waals surface area contributed by atoms with Crippen molar-refractivity contribution < 1.29 is 14.6 Å². The molecule has 1 fully saturated rings. The fraction of sp³-hybridized carbons (Fsp3) is 0.562. The van der Waals surface area contributed by atoms with Crippen LogP contribution >= 0.6 is 0 Å². The summed E-state index contributed by atoms with van der Waals surface area (Å²) < 4.78 is 5.09. The maximum absolute atomic E-state index is 12.0. The highest BCUT2D eigenvalue weighted by atomic mass is 16.5. The third-order valence-corrected chi connectivity index (χ3v) is 4.10. The van der Waals surface area contributed by atoms with Gasteiger partial charge in [-0.25, -0.2) is 0 Å². The van der Waals surface area contributed by atoms with Crippen molar-refractivity contribution in [1.82, 2.24) is 4.90 Å². The molecule has 0 radical (unpaired) electrons. The molecule has 2 atom stereocenters. The first kappa shape index (κ1) is 15.0. The summed E-state index contributed by atoms with van der Waals surface area (Å²) in [5, 5.41) is 10.3. The van der Waals surface area contributed by atoms with Gasteiger partial charge >= 0.3 is 5.97 Å². The number of carbonyl (C=O) groups is 1. The van der Waals surface area contributed by atoms with Crippen LogP contribution in [0.25, 0.3) is 0 Å². The number of carbonyl (C=O) groups excluding carboxylic acids is 1. The Bertz CT molecular complexity index is 448. The first-order chi connectivity index (χ1) is 9.56. The fourth-order valence-electron chi connectivity index (χ4n) is 2.61. The van der Waals surface area contributed by atoms with E-state index < -0.39 is 11.5 Å². The van der Waals surface area contributed by atoms with Crippen LogP contribution in [-0.4, -0.2) is 41.8 Å². The van der Waals surface area contributed by atoms with Crippen LogP contribution in [0.15, 0.2) is 30.3 Å². The third-order valence-electron chi connectivity index (χ3n) is 4.10. The number of esters is 1. The summed E-state index contributed by atoms with van der Waals surface area (Å²) in [5.74, 6) is -0.285. The van der Waals surface area contributed by atoms with Gasteiger partial charge in [0.1, 0.15) is 0 Å². The van der Waals surface area contributed by atoms with E-state index in [4.69, 9.17) is 4.74 Å². The Morgan fingerprint density at radius 2 is 2.15 bits per heavy atom. The van der Waals surface area contributed by atoms with Crippen molar-refractivity contribution in [3.63, 3.8) is 0 Å². The Hall–Kier alpha value is -1.39. The summed E-state index contributed by atoms with van der Waals surface area (Å²) >= 11 is 0. The molecule has 0 aliphatic carbocycles. The molecule has 20 heavy (non-hydrogen) atoms. The van der Waals surface area contributed by atoms with Gasteiger partial charge in [-0.1, -0.05) is 30.3 Å². The van der Waals surface area contributed by atoms with Crippen molar-refractivity contribution in [2.24, 2.45) is 5.41 Å². The van der Waals surface area contributed by atoms with Crippen LogP contribution in [0.2, 0.25) is 0 Å². The van der Waals surface area contributed by atoms with Gasteiger partial charge in [0.25, 0.3) is 0 Å². The molecule has 4 nitrogen and oxygen atoms in total. The molecule has 0 saturated carbocycles. The van der Waals surface area contributed by atoms with Crippen LogP contribution in [0.4, 0.5) is 0 Å². The van der Waals surface area contributed by atoms with Gasteiger partial charge < -0.3 is 9.84 Å². The number of piperidine rings is 1. The van der Waals surface area contributed by atoms with Crippen LogP contribution in [0.3, 0.4) is 0 Å². The highest BCUT2D eigenvalue weighted by molar-refractivity contribution is 5.77. The molecule has 1 aliphatic heterocycles. The van der Waals surface area contributed by atoms with Gasteiger partial charge in [0.05, 0.1) is 18.1 Å². The fourth-order valence-corrected chi connectivity index (χ4v) is 2.61. The largest absolute Gasteiger partial charge is 0.465 e. The number of hydrogen-bond acceptors (Lipinski definition) is 4. The maximum Gasteiger partial charge on any atom is 0.314 e. The average molecular weight is 277 g/mol. The number of ether oxygens (including phenoxy) is 1. The van der Waals surface area contributed by atoms with Gasteiger partial charge in [-0.05, 0) is 32.4 Å². The predicted molar refractivity (Wildman–Crippen MR) is 77.1 cm³/mol. The van der Waals surface area contributed by atoms with E-state index in [1.54, 1.807) is 13.8 Å². The number of aliphatic hydroxyl groups excluding tert-OH is 1.